The van der Waals surface area contributed by atoms with E-state index in [1.54, 1.807) is 0 Å². The zero-order chi connectivity index (χ0) is 30.9. The Morgan fingerprint density at radius 2 is 1.86 bits per heavy atom. The molecule has 0 aromatic heterocycles. The number of hydrogen-bond acceptors (Lipinski definition) is 9. The Balaban J connectivity index is 1.46. The van der Waals surface area contributed by atoms with Crippen LogP contribution in [0.25, 0.3) is 0 Å². The van der Waals surface area contributed by atoms with Gasteiger partial charge in [0.25, 0.3) is 0 Å². The van der Waals surface area contributed by atoms with Crippen molar-refractivity contribution in [2.24, 2.45) is 37.0 Å². The Labute approximate surface area is 257 Å². The van der Waals surface area contributed by atoms with Crippen molar-refractivity contribution in [2.75, 3.05) is 13.7 Å². The van der Waals surface area contributed by atoms with Crippen molar-refractivity contribution in [1.29, 1.82) is 0 Å². The summed E-state index contributed by atoms with van der Waals surface area (Å²) in [6.07, 6.45) is 10.1. The monoisotopic (exact) mass is 588 g/mol. The van der Waals surface area contributed by atoms with E-state index in [1.165, 1.54) is 7.11 Å². The molecule has 1 fully saturated rings. The lowest BCUT2D eigenvalue weighted by Gasteiger charge is -2.17. The number of carbonyl (C=O) groups excluding carboxylic acids is 1. The number of carbonyl (C=O) groups is 1. The van der Waals surface area contributed by atoms with Gasteiger partial charge in [-0.25, -0.2) is 15.0 Å². The lowest BCUT2D eigenvalue weighted by Crippen LogP contribution is -2.16. The molecule has 6 aliphatic heterocycles. The first-order valence-electron chi connectivity index (χ1n) is 15.2. The van der Waals surface area contributed by atoms with Crippen molar-refractivity contribution in [1.82, 2.24) is 5.32 Å². The largest absolute Gasteiger partial charge is 0.511 e. The minimum atomic E-state index is -0.239. The Kier molecular flexibility index (Phi) is 6.72. The standard InChI is InChI=1S/C35H36N6O3/c1-7-20-16(2)24-15-29-32(23-10-11-36-41-23)18(4)26(38-29)13-25-17(3)21(8-9-31(43)44-6)34(39-25)22-12-30(42)33-19(5)27(40-35(22)33)14-28(20)37-24/h7,13-15,17,21,23,39,42H,1,8-12H2,2-6H3. The Morgan fingerprint density at radius 3 is 2.59 bits per heavy atom. The fourth-order valence-electron chi connectivity index (χ4n) is 7.30. The molecule has 224 valence electrons. The highest BCUT2D eigenvalue weighted by Gasteiger charge is 2.41. The molecule has 7 rings (SSSR count). The number of aliphatic hydroxyl groups is 1. The van der Waals surface area contributed by atoms with E-state index in [2.05, 4.69) is 55.0 Å². The summed E-state index contributed by atoms with van der Waals surface area (Å²) in [6, 6.07) is -0.0488. The van der Waals surface area contributed by atoms with Crippen molar-refractivity contribution in [3.63, 3.8) is 0 Å². The number of esters is 1. The fraction of sp³-hybridized carbons (Fsp3) is 0.371. The van der Waals surface area contributed by atoms with Gasteiger partial charge in [0.15, 0.2) is 0 Å². The lowest BCUT2D eigenvalue weighted by molar-refractivity contribution is -0.140. The van der Waals surface area contributed by atoms with Crippen molar-refractivity contribution < 1.29 is 14.6 Å². The molecule has 6 heterocycles. The van der Waals surface area contributed by atoms with E-state index in [0.29, 0.717) is 31.6 Å². The van der Waals surface area contributed by atoms with Crippen LogP contribution in [0.15, 0.2) is 129 Å². The number of aliphatic hydroxyl groups excluding tert-OH is 1. The molecule has 0 aromatic carbocycles. The first kappa shape index (κ1) is 28.1. The third-order valence-electron chi connectivity index (χ3n) is 9.81. The summed E-state index contributed by atoms with van der Waals surface area (Å²) in [7, 11) is 1.42. The molecule has 1 saturated heterocycles. The summed E-state index contributed by atoms with van der Waals surface area (Å²) in [5.41, 5.74) is 13.7. The van der Waals surface area contributed by atoms with Crippen LogP contribution in [0, 0.1) is 11.8 Å². The van der Waals surface area contributed by atoms with Crippen LogP contribution < -0.4 is 5.32 Å². The average Bonchev–Trinajstić information content (AvgIpc) is 3.84. The SMILES string of the molecule is C=CC1=C(C)C2=NC1=CC1=C(C)C3=C(O)CC(=C4NC(=CC5=NC(=C2)C(C2CCN=N2)=C5C)C(C)C4CCC(=O)OC)C3=N1. The molecule has 0 amide bonds. The molecule has 0 saturated carbocycles. The second-order valence-electron chi connectivity index (χ2n) is 12.2. The highest BCUT2D eigenvalue weighted by Crippen LogP contribution is 2.46. The molecule has 2 N–H and O–H groups in total. The summed E-state index contributed by atoms with van der Waals surface area (Å²) in [4.78, 5) is 27.5. The number of fused-ring (bicyclic) bond motifs is 5. The third kappa shape index (κ3) is 4.28. The number of ether oxygens (including phenoxy) is 1. The van der Waals surface area contributed by atoms with Gasteiger partial charge in [0, 0.05) is 58.4 Å². The highest BCUT2D eigenvalue weighted by atomic mass is 16.5. The van der Waals surface area contributed by atoms with E-state index in [9.17, 15) is 9.90 Å². The molecular weight excluding hydrogens is 552 g/mol. The maximum absolute atomic E-state index is 12.2. The van der Waals surface area contributed by atoms with E-state index < -0.39 is 0 Å². The molecule has 3 atom stereocenters. The van der Waals surface area contributed by atoms with E-state index in [4.69, 9.17) is 19.7 Å². The molecule has 0 radical (unpaired) electrons. The molecule has 44 heavy (non-hydrogen) atoms. The van der Waals surface area contributed by atoms with Crippen LogP contribution in [0.4, 0.5) is 0 Å². The lowest BCUT2D eigenvalue weighted by atomic mass is 9.86. The molecule has 0 aromatic rings. The second-order valence-corrected chi connectivity index (χ2v) is 12.2. The minimum Gasteiger partial charge on any atom is -0.511 e. The van der Waals surface area contributed by atoms with Gasteiger partial charge in [0.1, 0.15) is 5.76 Å². The average molecular weight is 589 g/mol. The fourth-order valence-corrected chi connectivity index (χ4v) is 7.30. The van der Waals surface area contributed by atoms with Crippen LogP contribution in [0.1, 0.15) is 53.4 Å². The number of nitrogens with one attached hydrogen (secondary N) is 1. The van der Waals surface area contributed by atoms with Gasteiger partial charge in [-0.15, -0.1) is 0 Å². The van der Waals surface area contributed by atoms with Crippen LogP contribution in [0.3, 0.4) is 0 Å². The maximum atomic E-state index is 12.2. The Bertz CT molecular complexity index is 1830. The number of hydrogen-bond donors (Lipinski definition) is 2. The Morgan fingerprint density at radius 1 is 1.09 bits per heavy atom. The van der Waals surface area contributed by atoms with Crippen LogP contribution in [-0.2, 0) is 9.53 Å². The van der Waals surface area contributed by atoms with Gasteiger partial charge in [-0.05, 0) is 68.6 Å². The molecule has 8 bridgehead atoms. The van der Waals surface area contributed by atoms with E-state index in [1.807, 2.05) is 19.1 Å². The van der Waals surface area contributed by atoms with Crippen LogP contribution in [0.2, 0.25) is 0 Å². The van der Waals surface area contributed by atoms with Gasteiger partial charge in [0.2, 0.25) is 0 Å². The number of rotatable bonds is 5. The van der Waals surface area contributed by atoms with Crippen molar-refractivity contribution in [2.45, 2.75) is 59.4 Å². The van der Waals surface area contributed by atoms with E-state index in [0.717, 1.165) is 91.1 Å². The summed E-state index contributed by atoms with van der Waals surface area (Å²) in [6.45, 7) is 13.1. The van der Waals surface area contributed by atoms with Crippen molar-refractivity contribution in [3.8, 4) is 0 Å². The van der Waals surface area contributed by atoms with Crippen LogP contribution in [-0.4, -0.2) is 47.9 Å². The predicted molar refractivity (Wildman–Crippen MR) is 171 cm³/mol. The van der Waals surface area contributed by atoms with Gasteiger partial charge in [-0.2, -0.15) is 10.2 Å². The number of allylic oxidation sites excluding steroid dienone is 11. The molecule has 9 nitrogen and oxygen atoms in total. The summed E-state index contributed by atoms with van der Waals surface area (Å²) >= 11 is 0. The second kappa shape index (κ2) is 10.5. The smallest absolute Gasteiger partial charge is 0.305 e. The molecule has 9 heteroatoms. The first-order valence-corrected chi connectivity index (χ1v) is 15.2. The number of aliphatic imine (C=N–C) groups is 3. The zero-order valence-electron chi connectivity index (χ0n) is 25.8. The third-order valence-corrected chi connectivity index (χ3v) is 9.81. The first-order chi connectivity index (χ1) is 21.2. The summed E-state index contributed by atoms with van der Waals surface area (Å²) in [5, 5.41) is 23.8. The predicted octanol–water partition coefficient (Wildman–Crippen LogP) is 6.61. The summed E-state index contributed by atoms with van der Waals surface area (Å²) < 4.78 is 4.99. The molecule has 0 spiro atoms. The van der Waals surface area contributed by atoms with Gasteiger partial charge in [-0.3, -0.25) is 4.79 Å². The zero-order valence-corrected chi connectivity index (χ0v) is 25.8. The normalized spacial score (nSPS) is 27.2. The maximum Gasteiger partial charge on any atom is 0.305 e. The van der Waals surface area contributed by atoms with Gasteiger partial charge in [0.05, 0.1) is 53.9 Å². The number of methoxy groups -OCH3 is 1. The van der Waals surface area contributed by atoms with Crippen molar-refractivity contribution >= 4 is 23.1 Å². The number of azo groups is 1. The van der Waals surface area contributed by atoms with Crippen LogP contribution in [0.5, 0.6) is 0 Å². The molecule has 7 aliphatic rings. The van der Waals surface area contributed by atoms with Gasteiger partial charge >= 0.3 is 5.97 Å². The molecule has 3 unspecified atom stereocenters. The highest BCUT2D eigenvalue weighted by molar-refractivity contribution is 6.21. The Hall–Kier alpha value is -4.66. The van der Waals surface area contributed by atoms with Gasteiger partial charge in [-0.1, -0.05) is 19.6 Å². The quantitative estimate of drug-likeness (QED) is 0.351. The topological polar surface area (TPSA) is 120 Å². The number of nitrogens with zero attached hydrogens (tertiary/aromatic N) is 5. The van der Waals surface area contributed by atoms with E-state index in [-0.39, 0.29) is 23.8 Å². The molecular formula is C35H36N6O3. The van der Waals surface area contributed by atoms with Gasteiger partial charge < -0.3 is 15.2 Å². The van der Waals surface area contributed by atoms with Crippen LogP contribution >= 0.6 is 0 Å². The molecule has 1 aliphatic carbocycles. The summed E-state index contributed by atoms with van der Waals surface area (Å²) in [5.74, 6) is 0.148. The minimum absolute atomic E-state index is 0.00696. The van der Waals surface area contributed by atoms with Crippen molar-refractivity contribution in [3.05, 3.63) is 104 Å². The van der Waals surface area contributed by atoms with E-state index >= 15 is 0 Å².